The highest BCUT2D eigenvalue weighted by Crippen LogP contribution is 2.40. The second-order valence-corrected chi connectivity index (χ2v) is 6.31. The van der Waals surface area contributed by atoms with Gasteiger partial charge in [0.1, 0.15) is 13.2 Å². The van der Waals surface area contributed by atoms with Crippen molar-refractivity contribution in [3.63, 3.8) is 0 Å². The van der Waals surface area contributed by atoms with Crippen LogP contribution in [-0.2, 0) is 6.54 Å². The highest BCUT2D eigenvalue weighted by Gasteiger charge is 2.16. The van der Waals surface area contributed by atoms with Crippen molar-refractivity contribution < 1.29 is 9.47 Å². The van der Waals surface area contributed by atoms with E-state index in [1.807, 2.05) is 11.3 Å². The number of hydrogen-bond donors (Lipinski definition) is 1. The van der Waals surface area contributed by atoms with Crippen molar-refractivity contribution in [2.75, 3.05) is 13.2 Å². The van der Waals surface area contributed by atoms with Crippen LogP contribution in [0.5, 0.6) is 11.5 Å². The lowest BCUT2D eigenvalue weighted by atomic mass is 10.1. The number of rotatable bonds is 3. The van der Waals surface area contributed by atoms with Gasteiger partial charge in [-0.25, -0.2) is 0 Å². The molecular formula is C15H19NO2S. The molecule has 1 aliphatic rings. The maximum Gasteiger partial charge on any atom is 0.162 e. The quantitative estimate of drug-likeness (QED) is 0.931. The van der Waals surface area contributed by atoms with Gasteiger partial charge in [-0.05, 0) is 23.9 Å². The fourth-order valence-electron chi connectivity index (χ4n) is 2.27. The molecule has 2 aromatic rings. The summed E-state index contributed by atoms with van der Waals surface area (Å²) in [7, 11) is 0. The molecule has 0 amide bonds. The Hall–Kier alpha value is -1.26. The monoisotopic (exact) mass is 277 g/mol. The Morgan fingerprint density at radius 3 is 2.58 bits per heavy atom. The van der Waals surface area contributed by atoms with Gasteiger partial charge >= 0.3 is 0 Å². The first-order valence-electron chi connectivity index (χ1n) is 6.70. The molecule has 0 spiro atoms. The van der Waals surface area contributed by atoms with Crippen molar-refractivity contribution in [1.82, 2.24) is 5.32 Å². The Kier molecular flexibility index (Phi) is 3.37. The summed E-state index contributed by atoms with van der Waals surface area (Å²) in [6.07, 6.45) is 0. The number of thiophene rings is 1. The van der Waals surface area contributed by atoms with Gasteiger partial charge in [0.15, 0.2) is 11.5 Å². The van der Waals surface area contributed by atoms with Gasteiger partial charge in [0.25, 0.3) is 0 Å². The van der Waals surface area contributed by atoms with Crippen molar-refractivity contribution in [3.05, 3.63) is 22.6 Å². The summed E-state index contributed by atoms with van der Waals surface area (Å²) in [4.78, 5) is 1.39. The van der Waals surface area contributed by atoms with Gasteiger partial charge in [-0.3, -0.25) is 0 Å². The van der Waals surface area contributed by atoms with Crippen molar-refractivity contribution in [2.45, 2.75) is 33.4 Å². The zero-order valence-electron chi connectivity index (χ0n) is 11.6. The van der Waals surface area contributed by atoms with Gasteiger partial charge in [0, 0.05) is 28.2 Å². The third kappa shape index (κ3) is 2.42. The first-order valence-corrected chi connectivity index (χ1v) is 7.52. The molecule has 19 heavy (non-hydrogen) atoms. The van der Waals surface area contributed by atoms with E-state index < -0.39 is 0 Å². The smallest absolute Gasteiger partial charge is 0.162 e. The Morgan fingerprint density at radius 2 is 1.89 bits per heavy atom. The summed E-state index contributed by atoms with van der Waals surface area (Å²) >= 11 is 1.84. The molecule has 1 aliphatic heterocycles. The summed E-state index contributed by atoms with van der Waals surface area (Å²) in [5.41, 5.74) is 1.35. The molecule has 0 atom stereocenters. The van der Waals surface area contributed by atoms with Gasteiger partial charge in [-0.15, -0.1) is 11.3 Å². The molecule has 0 bridgehead atoms. The van der Waals surface area contributed by atoms with Gasteiger partial charge in [0.05, 0.1) is 0 Å². The summed E-state index contributed by atoms with van der Waals surface area (Å²) in [5, 5.41) is 4.77. The molecule has 3 rings (SSSR count). The summed E-state index contributed by atoms with van der Waals surface area (Å²) in [6.45, 7) is 8.74. The minimum Gasteiger partial charge on any atom is -0.486 e. The second-order valence-electron chi connectivity index (χ2n) is 5.18. The van der Waals surface area contributed by atoms with E-state index in [2.05, 4.69) is 38.2 Å². The molecule has 0 radical (unpaired) electrons. The van der Waals surface area contributed by atoms with Crippen LogP contribution in [0.25, 0.3) is 10.1 Å². The lowest BCUT2D eigenvalue weighted by molar-refractivity contribution is 0.172. The zero-order valence-corrected chi connectivity index (χ0v) is 12.4. The van der Waals surface area contributed by atoms with E-state index in [1.165, 1.54) is 20.5 Å². The maximum atomic E-state index is 5.66. The molecule has 0 aliphatic carbocycles. The van der Waals surface area contributed by atoms with Crippen LogP contribution in [0.4, 0.5) is 0 Å². The third-order valence-electron chi connectivity index (χ3n) is 3.37. The molecule has 0 saturated carbocycles. The van der Waals surface area contributed by atoms with Gasteiger partial charge in [-0.1, -0.05) is 13.8 Å². The number of hydrogen-bond acceptors (Lipinski definition) is 4. The Balaban J connectivity index is 2.00. The molecule has 0 saturated heterocycles. The van der Waals surface area contributed by atoms with E-state index in [-0.39, 0.29) is 0 Å². The van der Waals surface area contributed by atoms with Crippen LogP contribution in [0.1, 0.15) is 24.3 Å². The molecule has 0 unspecified atom stereocenters. The van der Waals surface area contributed by atoms with Crippen LogP contribution in [0.15, 0.2) is 12.1 Å². The first-order chi connectivity index (χ1) is 9.15. The van der Waals surface area contributed by atoms with Crippen molar-refractivity contribution in [2.24, 2.45) is 0 Å². The fourth-order valence-corrected chi connectivity index (χ4v) is 3.44. The van der Waals surface area contributed by atoms with E-state index >= 15 is 0 Å². The number of fused-ring (bicyclic) bond motifs is 2. The Labute approximate surface area is 117 Å². The zero-order chi connectivity index (χ0) is 13.4. The van der Waals surface area contributed by atoms with E-state index in [1.54, 1.807) is 0 Å². The molecule has 0 fully saturated rings. The van der Waals surface area contributed by atoms with E-state index in [4.69, 9.17) is 9.47 Å². The lowest BCUT2D eigenvalue weighted by Gasteiger charge is -2.18. The second kappa shape index (κ2) is 5.02. The minimum absolute atomic E-state index is 0.504. The molecule has 3 nitrogen and oxygen atoms in total. The van der Waals surface area contributed by atoms with Crippen molar-refractivity contribution in [1.29, 1.82) is 0 Å². The predicted octanol–water partition coefficient (Wildman–Crippen LogP) is 3.48. The SMILES string of the molecule is Cc1c(CNC(C)C)sc2cc3c(cc12)OCCO3. The van der Waals surface area contributed by atoms with Crippen LogP contribution in [0, 0.1) is 6.92 Å². The van der Waals surface area contributed by atoms with Crippen LogP contribution >= 0.6 is 11.3 Å². The number of benzene rings is 1. The van der Waals surface area contributed by atoms with Crippen LogP contribution < -0.4 is 14.8 Å². The predicted molar refractivity (Wildman–Crippen MR) is 79.5 cm³/mol. The summed E-state index contributed by atoms with van der Waals surface area (Å²) < 4.78 is 12.6. The topological polar surface area (TPSA) is 30.5 Å². The molecule has 1 N–H and O–H groups in total. The molecular weight excluding hydrogens is 258 g/mol. The van der Waals surface area contributed by atoms with Crippen LogP contribution in [0.3, 0.4) is 0 Å². The van der Waals surface area contributed by atoms with Crippen molar-refractivity contribution >= 4 is 21.4 Å². The summed E-state index contributed by atoms with van der Waals surface area (Å²) in [5.74, 6) is 1.76. The van der Waals surface area contributed by atoms with Crippen LogP contribution in [0.2, 0.25) is 0 Å². The van der Waals surface area contributed by atoms with Crippen molar-refractivity contribution in [3.8, 4) is 11.5 Å². The standard InChI is InChI=1S/C15H19NO2S/c1-9(2)16-8-15-10(3)11-6-12-13(7-14(11)19-15)18-5-4-17-12/h6-7,9,16H,4-5,8H2,1-3H3. The largest absolute Gasteiger partial charge is 0.486 e. The number of aryl methyl sites for hydroxylation is 1. The Bertz CT molecular complexity index is 604. The molecule has 102 valence electrons. The minimum atomic E-state index is 0.504. The molecule has 2 heterocycles. The third-order valence-corrected chi connectivity index (χ3v) is 4.63. The molecule has 1 aromatic carbocycles. The first kappa shape index (κ1) is 12.8. The highest BCUT2D eigenvalue weighted by molar-refractivity contribution is 7.19. The number of nitrogens with one attached hydrogen (secondary N) is 1. The fraction of sp³-hybridized carbons (Fsp3) is 0.467. The normalized spacial score (nSPS) is 14.3. The average molecular weight is 277 g/mol. The average Bonchev–Trinajstić information content (AvgIpc) is 2.70. The van der Waals surface area contributed by atoms with E-state index in [9.17, 15) is 0 Å². The van der Waals surface area contributed by atoms with E-state index in [0.29, 0.717) is 19.3 Å². The Morgan fingerprint density at radius 1 is 1.21 bits per heavy atom. The van der Waals surface area contributed by atoms with Crippen LogP contribution in [-0.4, -0.2) is 19.3 Å². The highest BCUT2D eigenvalue weighted by atomic mass is 32.1. The van der Waals surface area contributed by atoms with E-state index in [0.717, 1.165) is 18.0 Å². The lowest BCUT2D eigenvalue weighted by Crippen LogP contribution is -2.21. The number of ether oxygens (including phenoxy) is 2. The van der Waals surface area contributed by atoms with Gasteiger partial charge in [-0.2, -0.15) is 0 Å². The molecule has 4 heteroatoms. The van der Waals surface area contributed by atoms with Gasteiger partial charge in [0.2, 0.25) is 0 Å². The maximum absolute atomic E-state index is 5.66. The molecule has 1 aromatic heterocycles. The summed E-state index contributed by atoms with van der Waals surface area (Å²) in [6, 6.07) is 4.74. The van der Waals surface area contributed by atoms with Gasteiger partial charge < -0.3 is 14.8 Å².